The molecule has 20 heavy (non-hydrogen) atoms. The van der Waals surface area contributed by atoms with E-state index < -0.39 is 28.7 Å². The van der Waals surface area contributed by atoms with Crippen LogP contribution in [0.1, 0.15) is 0 Å². The van der Waals surface area contributed by atoms with Crippen LogP contribution in [-0.4, -0.2) is 9.55 Å². The number of fused-ring (bicyclic) bond motifs is 1. The average Bonchev–Trinajstić information content (AvgIpc) is 2.80. The lowest BCUT2D eigenvalue weighted by atomic mass is 10.2. The van der Waals surface area contributed by atoms with Gasteiger partial charge in [-0.15, -0.1) is 11.3 Å². The van der Waals surface area contributed by atoms with Gasteiger partial charge in [0.05, 0.1) is 5.52 Å². The number of aromatic amines is 1. The summed E-state index contributed by atoms with van der Waals surface area (Å²) in [4.78, 5) is 15.0. The Hall–Kier alpha value is -1.93. The van der Waals surface area contributed by atoms with E-state index in [1.807, 2.05) is 0 Å². The van der Waals surface area contributed by atoms with E-state index in [9.17, 15) is 18.0 Å². The monoisotopic (exact) mass is 314 g/mol. The molecule has 2 aromatic heterocycles. The number of halogens is 3. The number of nitrogens with zero attached hydrogens (tertiary/aromatic N) is 1. The van der Waals surface area contributed by atoms with Gasteiger partial charge < -0.3 is 4.98 Å². The molecule has 1 N–H and O–H groups in total. The molecule has 0 aliphatic heterocycles. The first kappa shape index (κ1) is 13.1. The molecule has 0 fully saturated rings. The lowest BCUT2D eigenvalue weighted by Crippen LogP contribution is -2.22. The van der Waals surface area contributed by atoms with Crippen molar-refractivity contribution >= 4 is 33.8 Å². The van der Waals surface area contributed by atoms with Crippen LogP contribution >= 0.6 is 23.6 Å². The molecule has 0 spiro atoms. The molecule has 0 unspecified atom stereocenters. The Morgan fingerprint density at radius 1 is 1.20 bits per heavy atom. The summed E-state index contributed by atoms with van der Waals surface area (Å²) in [6, 6.07) is 2.63. The van der Waals surface area contributed by atoms with Crippen LogP contribution in [0, 0.1) is 22.2 Å². The van der Waals surface area contributed by atoms with Crippen molar-refractivity contribution in [2.45, 2.75) is 0 Å². The van der Waals surface area contributed by atoms with Crippen LogP contribution in [0.2, 0.25) is 0 Å². The highest BCUT2D eigenvalue weighted by Crippen LogP contribution is 2.21. The molecule has 1 aromatic carbocycles. The molecule has 0 radical (unpaired) electrons. The van der Waals surface area contributed by atoms with Gasteiger partial charge in [0, 0.05) is 12.1 Å². The van der Waals surface area contributed by atoms with Crippen molar-refractivity contribution in [2.24, 2.45) is 0 Å². The van der Waals surface area contributed by atoms with Crippen molar-refractivity contribution in [3.05, 3.63) is 56.2 Å². The highest BCUT2D eigenvalue weighted by Gasteiger charge is 2.17. The van der Waals surface area contributed by atoms with Gasteiger partial charge >= 0.3 is 0 Å². The summed E-state index contributed by atoms with van der Waals surface area (Å²) in [5.41, 5.74) is -0.847. The lowest BCUT2D eigenvalue weighted by molar-refractivity contribution is 0.531. The summed E-state index contributed by atoms with van der Waals surface area (Å²) in [6.07, 6.45) is 0. The first-order valence-electron chi connectivity index (χ1n) is 5.36. The molecule has 0 aliphatic rings. The van der Waals surface area contributed by atoms with Gasteiger partial charge in [-0.05, 0) is 23.7 Å². The first-order valence-corrected chi connectivity index (χ1v) is 6.65. The zero-order valence-electron chi connectivity index (χ0n) is 9.62. The Morgan fingerprint density at radius 2 is 1.85 bits per heavy atom. The van der Waals surface area contributed by atoms with Gasteiger partial charge in [-0.25, -0.2) is 17.7 Å². The molecule has 8 heteroatoms. The summed E-state index contributed by atoms with van der Waals surface area (Å²) in [6.45, 7) is 0. The van der Waals surface area contributed by atoms with Crippen molar-refractivity contribution in [3.63, 3.8) is 0 Å². The lowest BCUT2D eigenvalue weighted by Gasteiger charge is -2.08. The fraction of sp³-hybridized carbons (Fsp3) is 0. The molecule has 0 atom stereocenters. The zero-order chi connectivity index (χ0) is 14.4. The number of hydrogen-bond donors (Lipinski definition) is 1. The molecule has 3 aromatic rings. The summed E-state index contributed by atoms with van der Waals surface area (Å²) >= 11 is 6.07. The molecule has 0 bridgehead atoms. The van der Waals surface area contributed by atoms with E-state index in [1.165, 1.54) is 0 Å². The maximum absolute atomic E-state index is 13.8. The number of H-pyrrole nitrogens is 1. The highest BCUT2D eigenvalue weighted by atomic mass is 32.1. The van der Waals surface area contributed by atoms with Gasteiger partial charge in [0.25, 0.3) is 5.56 Å². The Morgan fingerprint density at radius 3 is 2.50 bits per heavy atom. The van der Waals surface area contributed by atoms with Gasteiger partial charge in [-0.2, -0.15) is 0 Å². The average molecular weight is 314 g/mol. The van der Waals surface area contributed by atoms with E-state index in [4.69, 9.17) is 12.2 Å². The summed E-state index contributed by atoms with van der Waals surface area (Å²) in [7, 11) is 0. The molecular formula is C12H5F3N2OS2. The maximum Gasteiger partial charge on any atom is 0.277 e. The Bertz CT molecular complexity index is 919. The number of aromatic nitrogens is 2. The van der Waals surface area contributed by atoms with Gasteiger partial charge in [-0.3, -0.25) is 4.79 Å². The molecular weight excluding hydrogens is 309 g/mol. The quantitative estimate of drug-likeness (QED) is 0.698. The van der Waals surface area contributed by atoms with Crippen molar-refractivity contribution in [1.82, 2.24) is 9.55 Å². The van der Waals surface area contributed by atoms with E-state index in [0.717, 1.165) is 11.3 Å². The van der Waals surface area contributed by atoms with Crippen molar-refractivity contribution in [2.75, 3.05) is 0 Å². The largest absolute Gasteiger partial charge is 0.331 e. The Kier molecular flexibility index (Phi) is 2.98. The number of thiophene rings is 1. The minimum absolute atomic E-state index is 0.162. The standard InChI is InChI=1S/C12H5F3N2OS2/c13-5-3-6(14)9(7(15)4-5)17-11(18)10-8(1-2-20-10)16-12(17)19/h1-4H,(H,16,19). The number of benzene rings is 1. The number of nitrogens with one attached hydrogen (secondary N) is 1. The van der Waals surface area contributed by atoms with Gasteiger partial charge in [0.15, 0.2) is 16.4 Å². The van der Waals surface area contributed by atoms with Crippen molar-refractivity contribution in [1.29, 1.82) is 0 Å². The van der Waals surface area contributed by atoms with Crippen LogP contribution in [0.25, 0.3) is 15.9 Å². The topological polar surface area (TPSA) is 37.8 Å². The summed E-state index contributed by atoms with van der Waals surface area (Å²) in [5.74, 6) is -3.45. The van der Waals surface area contributed by atoms with Crippen LogP contribution in [0.5, 0.6) is 0 Å². The van der Waals surface area contributed by atoms with E-state index in [0.29, 0.717) is 22.2 Å². The SMILES string of the molecule is O=c1c2sccc2[nH]c(=S)n1-c1c(F)cc(F)cc1F. The molecule has 0 amide bonds. The minimum atomic E-state index is -1.19. The van der Waals surface area contributed by atoms with Crippen LogP contribution in [0.15, 0.2) is 28.4 Å². The fourth-order valence-corrected chi connectivity index (χ4v) is 2.95. The Balaban J connectivity index is 2.47. The maximum atomic E-state index is 13.8. The van der Waals surface area contributed by atoms with E-state index in [2.05, 4.69) is 4.98 Å². The van der Waals surface area contributed by atoms with Crippen LogP contribution in [-0.2, 0) is 0 Å². The molecule has 3 rings (SSSR count). The smallest absolute Gasteiger partial charge is 0.277 e. The molecule has 0 aliphatic carbocycles. The van der Waals surface area contributed by atoms with Crippen LogP contribution < -0.4 is 5.56 Å². The second-order valence-electron chi connectivity index (χ2n) is 3.95. The van der Waals surface area contributed by atoms with E-state index in [1.54, 1.807) is 11.4 Å². The molecule has 0 saturated carbocycles. The predicted octanol–water partition coefficient (Wildman–Crippen LogP) is 3.53. The van der Waals surface area contributed by atoms with Crippen molar-refractivity contribution < 1.29 is 13.2 Å². The van der Waals surface area contributed by atoms with Crippen molar-refractivity contribution in [3.8, 4) is 5.69 Å². The van der Waals surface area contributed by atoms with Gasteiger partial charge in [0.1, 0.15) is 16.2 Å². The first-order chi connectivity index (χ1) is 9.49. The fourth-order valence-electron chi connectivity index (χ4n) is 1.89. The Labute approximate surface area is 118 Å². The van der Waals surface area contributed by atoms with Gasteiger partial charge in [-0.1, -0.05) is 0 Å². The van der Waals surface area contributed by atoms with Gasteiger partial charge in [0.2, 0.25) is 0 Å². The second kappa shape index (κ2) is 4.57. The second-order valence-corrected chi connectivity index (χ2v) is 5.25. The molecule has 0 saturated heterocycles. The third-order valence-corrected chi connectivity index (χ3v) is 3.90. The van der Waals surface area contributed by atoms with E-state index >= 15 is 0 Å². The molecule has 2 heterocycles. The number of hydrogen-bond acceptors (Lipinski definition) is 3. The molecule has 3 nitrogen and oxygen atoms in total. The summed E-state index contributed by atoms with van der Waals surface area (Å²) in [5, 5.41) is 1.65. The van der Waals surface area contributed by atoms with Crippen LogP contribution in [0.4, 0.5) is 13.2 Å². The highest BCUT2D eigenvalue weighted by molar-refractivity contribution is 7.71. The normalized spacial score (nSPS) is 11.2. The third kappa shape index (κ3) is 1.88. The number of rotatable bonds is 1. The summed E-state index contributed by atoms with van der Waals surface area (Å²) < 4.78 is 41.3. The molecule has 102 valence electrons. The predicted molar refractivity (Wildman–Crippen MR) is 72.5 cm³/mol. The van der Waals surface area contributed by atoms with E-state index in [-0.39, 0.29) is 9.47 Å². The third-order valence-electron chi connectivity index (χ3n) is 2.71. The van der Waals surface area contributed by atoms with Crippen LogP contribution in [0.3, 0.4) is 0 Å². The zero-order valence-corrected chi connectivity index (χ0v) is 11.2. The minimum Gasteiger partial charge on any atom is -0.331 e.